The van der Waals surface area contributed by atoms with Crippen molar-refractivity contribution in [2.75, 3.05) is 32.6 Å². The summed E-state index contributed by atoms with van der Waals surface area (Å²) in [6.07, 6.45) is 2.75. The van der Waals surface area contributed by atoms with E-state index in [4.69, 9.17) is 32.7 Å². The van der Waals surface area contributed by atoms with Crippen molar-refractivity contribution in [3.8, 4) is 11.5 Å². The molecular weight excluding hydrogens is 521 g/mol. The number of halogens is 2. The summed E-state index contributed by atoms with van der Waals surface area (Å²) < 4.78 is 11.4. The highest BCUT2D eigenvalue weighted by Crippen LogP contribution is 2.29. The van der Waals surface area contributed by atoms with Crippen molar-refractivity contribution in [1.29, 1.82) is 0 Å². The second kappa shape index (κ2) is 11.6. The van der Waals surface area contributed by atoms with Gasteiger partial charge in [-0.2, -0.15) is 5.10 Å². The molecule has 2 aromatic carbocycles. The number of hydrogen-bond acceptors (Lipinski definition) is 7. The number of rotatable bonds is 7. The molecule has 2 heterocycles. The summed E-state index contributed by atoms with van der Waals surface area (Å²) in [6, 6.07) is 9.22. The molecule has 194 valence electrons. The summed E-state index contributed by atoms with van der Waals surface area (Å²) in [7, 11) is 2.94. The number of aromatic nitrogens is 2. The zero-order valence-corrected chi connectivity index (χ0v) is 21.7. The maximum Gasteiger partial charge on any atom is 0.281 e. The van der Waals surface area contributed by atoms with Crippen LogP contribution in [0.3, 0.4) is 0 Å². The predicted octanol–water partition coefficient (Wildman–Crippen LogP) is 3.63. The maximum absolute atomic E-state index is 13.2. The fourth-order valence-electron chi connectivity index (χ4n) is 3.95. The van der Waals surface area contributed by atoms with Gasteiger partial charge in [0, 0.05) is 11.6 Å². The Balaban J connectivity index is 1.67. The number of amides is 2. The van der Waals surface area contributed by atoms with Crippen LogP contribution in [0.1, 0.15) is 44.0 Å². The number of nitrogens with one attached hydrogen (secondary N) is 3. The van der Waals surface area contributed by atoms with Gasteiger partial charge in [-0.05, 0) is 56.3 Å². The van der Waals surface area contributed by atoms with Gasteiger partial charge in [-0.1, -0.05) is 29.3 Å². The Morgan fingerprint density at radius 2 is 1.68 bits per heavy atom. The minimum atomic E-state index is -0.655. The summed E-state index contributed by atoms with van der Waals surface area (Å²) in [4.78, 5) is 39.5. The minimum Gasteiger partial charge on any atom is -0.493 e. The van der Waals surface area contributed by atoms with Crippen LogP contribution in [-0.4, -0.2) is 60.9 Å². The Bertz CT molecular complexity index is 1320. The molecular formula is C25H25Cl2N5O5. The van der Waals surface area contributed by atoms with Gasteiger partial charge in [0.15, 0.2) is 17.2 Å². The Morgan fingerprint density at radius 3 is 2.32 bits per heavy atom. The summed E-state index contributed by atoms with van der Waals surface area (Å²) in [5, 5.41) is 13.3. The Morgan fingerprint density at radius 1 is 1.00 bits per heavy atom. The summed E-state index contributed by atoms with van der Waals surface area (Å²) in [6.45, 7) is 1.54. The van der Waals surface area contributed by atoms with E-state index in [2.05, 4.69) is 21.0 Å². The van der Waals surface area contributed by atoms with Crippen LogP contribution in [0.4, 0.5) is 5.69 Å². The first-order chi connectivity index (χ1) is 17.8. The van der Waals surface area contributed by atoms with Gasteiger partial charge in [-0.3, -0.25) is 14.4 Å². The average molecular weight is 546 g/mol. The van der Waals surface area contributed by atoms with E-state index in [1.165, 1.54) is 38.6 Å². The molecule has 1 aliphatic rings. The molecule has 4 rings (SSSR count). The smallest absolute Gasteiger partial charge is 0.281 e. The number of hydrogen-bond donors (Lipinski definition) is 3. The van der Waals surface area contributed by atoms with Gasteiger partial charge in [0.05, 0.1) is 41.7 Å². The lowest BCUT2D eigenvalue weighted by Gasteiger charge is -2.23. The highest BCUT2D eigenvalue weighted by Gasteiger charge is 2.26. The van der Waals surface area contributed by atoms with E-state index in [9.17, 15) is 14.4 Å². The van der Waals surface area contributed by atoms with E-state index in [-0.39, 0.29) is 38.6 Å². The number of methoxy groups -OCH3 is 2. The highest BCUT2D eigenvalue weighted by atomic mass is 35.5. The largest absolute Gasteiger partial charge is 0.493 e. The predicted molar refractivity (Wildman–Crippen MR) is 139 cm³/mol. The molecule has 3 aromatic rings. The highest BCUT2D eigenvalue weighted by molar-refractivity contribution is 6.39. The maximum atomic E-state index is 13.2. The fourth-order valence-corrected chi connectivity index (χ4v) is 4.50. The van der Waals surface area contributed by atoms with E-state index in [1.54, 1.807) is 18.2 Å². The molecule has 37 heavy (non-hydrogen) atoms. The van der Waals surface area contributed by atoms with E-state index >= 15 is 0 Å². The van der Waals surface area contributed by atoms with Crippen LogP contribution in [0, 0.1) is 0 Å². The van der Waals surface area contributed by atoms with E-state index in [0.29, 0.717) is 11.5 Å². The summed E-state index contributed by atoms with van der Waals surface area (Å²) >= 11 is 12.4. The molecule has 12 heteroatoms. The lowest BCUT2D eigenvalue weighted by molar-refractivity contribution is 0.0920. The van der Waals surface area contributed by atoms with Crippen molar-refractivity contribution in [3.63, 3.8) is 0 Å². The van der Waals surface area contributed by atoms with Crippen LogP contribution in [-0.2, 0) is 0 Å². The first kappa shape index (κ1) is 26.5. The van der Waals surface area contributed by atoms with Crippen molar-refractivity contribution in [1.82, 2.24) is 20.4 Å². The number of carbonyl (C=O) groups excluding carboxylic acids is 3. The third kappa shape index (κ3) is 5.87. The van der Waals surface area contributed by atoms with E-state index < -0.39 is 17.7 Å². The van der Waals surface area contributed by atoms with Gasteiger partial charge in [0.1, 0.15) is 0 Å². The molecule has 1 aliphatic heterocycles. The number of benzene rings is 2. The Kier molecular flexibility index (Phi) is 8.32. The quantitative estimate of drug-likeness (QED) is 0.414. The third-order valence-electron chi connectivity index (χ3n) is 5.88. The topological polar surface area (TPSA) is 124 Å². The number of carbonyl (C=O) groups is 3. The molecule has 0 atom stereocenters. The molecule has 1 aromatic heterocycles. The summed E-state index contributed by atoms with van der Waals surface area (Å²) in [5.41, 5.74) is 0.193. The van der Waals surface area contributed by atoms with Gasteiger partial charge in [0.25, 0.3) is 17.7 Å². The number of anilines is 1. The van der Waals surface area contributed by atoms with Crippen LogP contribution in [0.25, 0.3) is 0 Å². The van der Waals surface area contributed by atoms with E-state index in [0.717, 1.165) is 30.6 Å². The van der Waals surface area contributed by atoms with Crippen LogP contribution >= 0.6 is 23.2 Å². The molecule has 0 saturated carbocycles. The van der Waals surface area contributed by atoms with Gasteiger partial charge in [-0.15, -0.1) is 0 Å². The zero-order chi connectivity index (χ0) is 26.5. The SMILES string of the molecule is COc1ccc(C(=O)Nc2cn(C(=O)c3c(Cl)cccc3Cl)nc2C(=O)NC2CCNCC2)cc1OC. The van der Waals surface area contributed by atoms with Crippen LogP contribution < -0.4 is 25.4 Å². The van der Waals surface area contributed by atoms with Crippen molar-refractivity contribution >= 4 is 46.6 Å². The molecule has 10 nitrogen and oxygen atoms in total. The molecule has 0 aliphatic carbocycles. The lowest BCUT2D eigenvalue weighted by atomic mass is 10.1. The van der Waals surface area contributed by atoms with Gasteiger partial charge in [-0.25, -0.2) is 4.68 Å². The first-order valence-electron chi connectivity index (χ1n) is 11.5. The van der Waals surface area contributed by atoms with Crippen LogP contribution in [0.5, 0.6) is 11.5 Å². The Hall–Kier alpha value is -3.60. The number of ether oxygens (including phenoxy) is 2. The zero-order valence-electron chi connectivity index (χ0n) is 20.1. The molecule has 1 saturated heterocycles. The van der Waals surface area contributed by atoms with Gasteiger partial charge in [0.2, 0.25) is 0 Å². The van der Waals surface area contributed by atoms with Gasteiger partial charge < -0.3 is 25.4 Å². The van der Waals surface area contributed by atoms with Crippen molar-refractivity contribution in [2.24, 2.45) is 0 Å². The number of nitrogens with zero attached hydrogens (tertiary/aromatic N) is 2. The molecule has 0 spiro atoms. The molecule has 1 fully saturated rings. The molecule has 0 unspecified atom stereocenters. The minimum absolute atomic E-state index is 0.0245. The molecule has 3 N–H and O–H groups in total. The second-order valence-electron chi connectivity index (χ2n) is 8.26. The standard InChI is InChI=1S/C25H25Cl2N5O5/c1-36-19-7-6-14(12-20(19)37-2)23(33)30-18-13-32(25(35)21-16(26)4-3-5-17(21)27)31-22(18)24(34)29-15-8-10-28-11-9-15/h3-7,12-13,15,28H,8-11H2,1-2H3,(H,29,34)(H,30,33). The van der Waals surface area contributed by atoms with Crippen LogP contribution in [0.2, 0.25) is 10.0 Å². The summed E-state index contributed by atoms with van der Waals surface area (Å²) in [5.74, 6) is -0.904. The molecule has 0 radical (unpaired) electrons. The number of piperidine rings is 1. The van der Waals surface area contributed by atoms with E-state index in [1.807, 2.05) is 0 Å². The second-order valence-corrected chi connectivity index (χ2v) is 9.07. The van der Waals surface area contributed by atoms with Crippen LogP contribution in [0.15, 0.2) is 42.6 Å². The first-order valence-corrected chi connectivity index (χ1v) is 12.2. The van der Waals surface area contributed by atoms with Gasteiger partial charge >= 0.3 is 0 Å². The third-order valence-corrected chi connectivity index (χ3v) is 6.51. The van der Waals surface area contributed by atoms with Crippen molar-refractivity contribution < 1.29 is 23.9 Å². The Labute approximate surface area is 223 Å². The lowest BCUT2D eigenvalue weighted by Crippen LogP contribution is -2.43. The monoisotopic (exact) mass is 545 g/mol. The van der Waals surface area contributed by atoms with Crippen molar-refractivity contribution in [2.45, 2.75) is 18.9 Å². The molecule has 2 amide bonds. The van der Waals surface area contributed by atoms with Crippen molar-refractivity contribution in [3.05, 3.63) is 69.5 Å². The molecule has 0 bridgehead atoms. The fraction of sp³-hybridized carbons (Fsp3) is 0.280. The average Bonchev–Trinajstić information content (AvgIpc) is 3.32. The normalized spacial score (nSPS) is 13.6.